The number of benzene rings is 1. The normalized spacial score (nSPS) is 14.2. The van der Waals surface area contributed by atoms with E-state index >= 15 is 0 Å². The zero-order valence-electron chi connectivity index (χ0n) is 11.7. The Hall–Kier alpha value is -2.57. The van der Waals surface area contributed by atoms with E-state index in [0.717, 1.165) is 38.1 Å². The molecule has 2 aromatic rings. The van der Waals surface area contributed by atoms with Crippen LogP contribution in [0.3, 0.4) is 0 Å². The molecule has 0 saturated carbocycles. The van der Waals surface area contributed by atoms with E-state index in [9.17, 15) is 13.6 Å². The second-order valence-electron chi connectivity index (χ2n) is 5.04. The highest BCUT2D eigenvalue weighted by Gasteiger charge is 2.20. The second-order valence-corrected chi connectivity index (χ2v) is 5.04. The molecule has 0 aliphatic carbocycles. The molecule has 3 rings (SSSR count). The third-order valence-corrected chi connectivity index (χ3v) is 3.46. The molecule has 7 heteroatoms. The van der Waals surface area contributed by atoms with Crippen LogP contribution in [-0.2, 0) is 0 Å². The van der Waals surface area contributed by atoms with Crippen molar-refractivity contribution < 1.29 is 13.6 Å². The third-order valence-electron chi connectivity index (χ3n) is 3.46. The number of nitrogens with zero attached hydrogens (tertiary/aromatic N) is 3. The van der Waals surface area contributed by atoms with Gasteiger partial charge in [-0.05, 0) is 25.0 Å². The zero-order chi connectivity index (χ0) is 15.5. The maximum atomic E-state index is 13.5. The molecule has 1 fully saturated rings. The van der Waals surface area contributed by atoms with Gasteiger partial charge < -0.3 is 10.2 Å². The number of aromatic nitrogens is 2. The number of amides is 1. The third kappa shape index (κ3) is 3.03. The average molecular weight is 304 g/mol. The number of halogens is 2. The van der Waals surface area contributed by atoms with E-state index in [2.05, 4.69) is 15.3 Å². The van der Waals surface area contributed by atoms with Crippen LogP contribution in [0.1, 0.15) is 23.3 Å². The fourth-order valence-corrected chi connectivity index (χ4v) is 2.31. The Morgan fingerprint density at radius 2 is 1.91 bits per heavy atom. The van der Waals surface area contributed by atoms with Crippen molar-refractivity contribution in [3.8, 4) is 0 Å². The highest BCUT2D eigenvalue weighted by atomic mass is 19.1. The number of carbonyl (C=O) groups excluding carboxylic acids is 1. The number of hydrogen-bond acceptors (Lipinski definition) is 4. The summed E-state index contributed by atoms with van der Waals surface area (Å²) in [4.78, 5) is 21.9. The lowest BCUT2D eigenvalue weighted by Crippen LogP contribution is -2.28. The lowest BCUT2D eigenvalue weighted by atomic mass is 10.3. The fourth-order valence-electron chi connectivity index (χ4n) is 2.31. The molecule has 1 N–H and O–H groups in total. The molecular formula is C15H14F2N4O. The van der Waals surface area contributed by atoms with Gasteiger partial charge in [0.15, 0.2) is 0 Å². The van der Waals surface area contributed by atoms with E-state index in [4.69, 9.17) is 0 Å². The molecule has 2 heterocycles. The second kappa shape index (κ2) is 6.05. The lowest BCUT2D eigenvalue weighted by Gasteiger charge is -2.14. The Morgan fingerprint density at radius 1 is 1.14 bits per heavy atom. The monoisotopic (exact) mass is 304 g/mol. The van der Waals surface area contributed by atoms with Gasteiger partial charge in [-0.25, -0.2) is 18.7 Å². The number of likely N-dealkylation sites (tertiary alicyclic amines) is 1. The molecule has 0 radical (unpaired) electrons. The zero-order valence-corrected chi connectivity index (χ0v) is 11.7. The number of nitrogens with one attached hydrogen (secondary N) is 1. The van der Waals surface area contributed by atoms with Gasteiger partial charge in [-0.15, -0.1) is 0 Å². The number of carbonyl (C=O) groups is 1. The summed E-state index contributed by atoms with van der Waals surface area (Å²) in [5, 5.41) is 2.69. The van der Waals surface area contributed by atoms with Crippen LogP contribution in [0.4, 0.5) is 20.3 Å². The highest BCUT2D eigenvalue weighted by Crippen LogP contribution is 2.19. The highest BCUT2D eigenvalue weighted by molar-refractivity contribution is 5.92. The molecule has 0 unspecified atom stereocenters. The van der Waals surface area contributed by atoms with E-state index in [1.807, 2.05) is 0 Å². The molecule has 1 aliphatic rings. The molecular weight excluding hydrogens is 290 g/mol. The quantitative estimate of drug-likeness (QED) is 0.947. The molecule has 1 aliphatic heterocycles. The van der Waals surface area contributed by atoms with Gasteiger partial charge in [0, 0.05) is 19.2 Å². The average Bonchev–Trinajstić information content (AvgIpc) is 3.04. The first-order chi connectivity index (χ1) is 10.6. The smallest absolute Gasteiger partial charge is 0.274 e. The van der Waals surface area contributed by atoms with Gasteiger partial charge in [-0.2, -0.15) is 0 Å². The molecule has 0 atom stereocenters. The van der Waals surface area contributed by atoms with Crippen molar-refractivity contribution in [2.75, 3.05) is 18.4 Å². The number of anilines is 2. The largest absolute Gasteiger partial charge is 0.337 e. The molecule has 5 nitrogen and oxygen atoms in total. The van der Waals surface area contributed by atoms with Crippen molar-refractivity contribution in [1.29, 1.82) is 0 Å². The predicted molar refractivity (Wildman–Crippen MR) is 76.8 cm³/mol. The van der Waals surface area contributed by atoms with E-state index in [1.54, 1.807) is 4.90 Å². The van der Waals surface area contributed by atoms with E-state index < -0.39 is 11.6 Å². The minimum atomic E-state index is -0.723. The minimum Gasteiger partial charge on any atom is -0.337 e. The fraction of sp³-hybridized carbons (Fsp3) is 0.267. The topological polar surface area (TPSA) is 58.1 Å². The van der Waals surface area contributed by atoms with Crippen LogP contribution in [0.5, 0.6) is 0 Å². The van der Waals surface area contributed by atoms with E-state index in [-0.39, 0.29) is 23.1 Å². The van der Waals surface area contributed by atoms with Gasteiger partial charge in [0.1, 0.15) is 23.1 Å². The van der Waals surface area contributed by atoms with E-state index in [0.29, 0.717) is 0 Å². The molecule has 1 saturated heterocycles. The Morgan fingerprint density at radius 3 is 2.55 bits per heavy atom. The van der Waals surface area contributed by atoms with Gasteiger partial charge in [0.25, 0.3) is 5.91 Å². The number of hydrogen-bond donors (Lipinski definition) is 1. The summed E-state index contributed by atoms with van der Waals surface area (Å²) < 4.78 is 26.4. The van der Waals surface area contributed by atoms with E-state index in [1.165, 1.54) is 18.5 Å². The Balaban J connectivity index is 1.72. The van der Waals surface area contributed by atoms with Crippen LogP contribution in [0, 0.1) is 11.6 Å². The Bertz CT molecular complexity index is 684. The first-order valence-corrected chi connectivity index (χ1v) is 6.97. The maximum Gasteiger partial charge on any atom is 0.274 e. The summed E-state index contributed by atoms with van der Waals surface area (Å²) in [6.45, 7) is 1.47. The van der Waals surface area contributed by atoms with Crippen LogP contribution >= 0.6 is 0 Å². The van der Waals surface area contributed by atoms with Crippen molar-refractivity contribution in [3.05, 3.63) is 47.9 Å². The SMILES string of the molecule is O=C(c1cnc(Nc2ccc(F)cc2F)cn1)N1CCCC1. The van der Waals surface area contributed by atoms with Crippen molar-refractivity contribution in [3.63, 3.8) is 0 Å². The predicted octanol–water partition coefficient (Wildman–Crippen LogP) is 2.73. The number of rotatable bonds is 3. The molecule has 22 heavy (non-hydrogen) atoms. The minimum absolute atomic E-state index is 0.0920. The van der Waals surface area contributed by atoms with Gasteiger partial charge in [0.2, 0.25) is 0 Å². The van der Waals surface area contributed by atoms with Crippen LogP contribution in [0.25, 0.3) is 0 Å². The van der Waals surface area contributed by atoms with Gasteiger partial charge in [-0.3, -0.25) is 4.79 Å². The molecule has 1 aromatic carbocycles. The van der Waals surface area contributed by atoms with Crippen LogP contribution in [0.15, 0.2) is 30.6 Å². The van der Waals surface area contributed by atoms with Crippen LogP contribution < -0.4 is 5.32 Å². The molecule has 1 amide bonds. The summed E-state index contributed by atoms with van der Waals surface area (Å²) in [5.41, 5.74) is 0.348. The lowest BCUT2D eigenvalue weighted by molar-refractivity contribution is 0.0786. The van der Waals surface area contributed by atoms with Crippen molar-refractivity contribution in [2.45, 2.75) is 12.8 Å². The summed E-state index contributed by atoms with van der Waals surface area (Å²) in [6.07, 6.45) is 4.71. The molecule has 114 valence electrons. The molecule has 1 aromatic heterocycles. The summed E-state index contributed by atoms with van der Waals surface area (Å²) in [7, 11) is 0. The van der Waals surface area contributed by atoms with Gasteiger partial charge >= 0.3 is 0 Å². The molecule has 0 spiro atoms. The summed E-state index contributed by atoms with van der Waals surface area (Å²) in [5.74, 6) is -1.24. The van der Waals surface area contributed by atoms with Crippen molar-refractivity contribution in [1.82, 2.24) is 14.9 Å². The van der Waals surface area contributed by atoms with Crippen molar-refractivity contribution >= 4 is 17.4 Å². The Kier molecular flexibility index (Phi) is 3.95. The Labute approximate surface area is 126 Å². The first-order valence-electron chi connectivity index (χ1n) is 6.97. The van der Waals surface area contributed by atoms with Crippen LogP contribution in [-0.4, -0.2) is 33.9 Å². The van der Waals surface area contributed by atoms with Gasteiger partial charge in [-0.1, -0.05) is 0 Å². The standard InChI is InChI=1S/C15H14F2N4O/c16-10-3-4-12(11(17)7-10)20-14-9-18-13(8-19-14)15(22)21-5-1-2-6-21/h3-4,7-9H,1-2,5-6H2,(H,19,20). The van der Waals surface area contributed by atoms with Gasteiger partial charge in [0.05, 0.1) is 18.1 Å². The van der Waals surface area contributed by atoms with Crippen LogP contribution in [0.2, 0.25) is 0 Å². The first kappa shape index (κ1) is 14.4. The van der Waals surface area contributed by atoms with Crippen molar-refractivity contribution in [2.24, 2.45) is 0 Å². The molecule has 0 bridgehead atoms. The summed E-state index contributed by atoms with van der Waals surface area (Å²) >= 11 is 0. The maximum absolute atomic E-state index is 13.5. The summed E-state index contributed by atoms with van der Waals surface area (Å²) in [6, 6.07) is 3.20.